The fourth-order valence-electron chi connectivity index (χ4n) is 2.66. The number of amides is 1. The van der Waals surface area contributed by atoms with Gasteiger partial charge in [-0.1, -0.05) is 18.2 Å². The molecule has 30 heavy (non-hydrogen) atoms. The van der Waals surface area contributed by atoms with Crippen LogP contribution in [0.25, 0.3) is 0 Å². The molecule has 3 nitrogen and oxygen atoms in total. The number of nitrogens with one attached hydrogen (secondary N) is 2. The molecule has 0 heterocycles. The van der Waals surface area contributed by atoms with E-state index in [0.717, 1.165) is 24.3 Å². The van der Waals surface area contributed by atoms with Crippen LogP contribution in [0.3, 0.4) is 0 Å². The van der Waals surface area contributed by atoms with E-state index in [-0.39, 0.29) is 16.9 Å². The van der Waals surface area contributed by atoms with Crippen molar-refractivity contribution in [3.05, 3.63) is 89.5 Å². The highest BCUT2D eigenvalue weighted by Crippen LogP contribution is 2.32. The van der Waals surface area contributed by atoms with Crippen molar-refractivity contribution in [3.63, 3.8) is 0 Å². The minimum atomic E-state index is -4.55. The van der Waals surface area contributed by atoms with E-state index in [4.69, 9.17) is 0 Å². The van der Waals surface area contributed by atoms with E-state index in [0.29, 0.717) is 5.69 Å². The van der Waals surface area contributed by atoms with Crippen LogP contribution in [-0.2, 0) is 12.4 Å². The first kappa shape index (κ1) is 21.2. The first-order chi connectivity index (χ1) is 14.0. The fraction of sp³-hybridized carbons (Fsp3) is 0.0952. The van der Waals surface area contributed by atoms with Crippen molar-refractivity contribution in [1.29, 1.82) is 0 Å². The molecule has 0 saturated heterocycles. The molecule has 3 rings (SSSR count). The van der Waals surface area contributed by atoms with Crippen LogP contribution in [0.4, 0.5) is 43.4 Å². The molecular weight excluding hydrogens is 410 g/mol. The van der Waals surface area contributed by atoms with E-state index in [9.17, 15) is 31.1 Å². The summed E-state index contributed by atoms with van der Waals surface area (Å²) < 4.78 is 76.6. The number of hydrogen-bond donors (Lipinski definition) is 2. The summed E-state index contributed by atoms with van der Waals surface area (Å²) in [5.41, 5.74) is -1.07. The van der Waals surface area contributed by atoms with Gasteiger partial charge < -0.3 is 10.6 Å². The second kappa shape index (κ2) is 8.10. The largest absolute Gasteiger partial charge is 0.416 e. The maximum Gasteiger partial charge on any atom is 0.416 e. The lowest BCUT2D eigenvalue weighted by atomic mass is 10.1. The third-order valence-corrected chi connectivity index (χ3v) is 4.11. The van der Waals surface area contributed by atoms with Crippen molar-refractivity contribution >= 4 is 23.0 Å². The van der Waals surface area contributed by atoms with Crippen LogP contribution in [0.5, 0.6) is 0 Å². The van der Waals surface area contributed by atoms with Crippen molar-refractivity contribution in [2.45, 2.75) is 12.4 Å². The molecule has 0 atom stereocenters. The van der Waals surface area contributed by atoms with Crippen LogP contribution >= 0.6 is 0 Å². The van der Waals surface area contributed by atoms with Gasteiger partial charge in [-0.25, -0.2) is 0 Å². The summed E-state index contributed by atoms with van der Waals surface area (Å²) in [5, 5.41) is 5.24. The van der Waals surface area contributed by atoms with Gasteiger partial charge in [0, 0.05) is 11.4 Å². The Balaban J connectivity index is 1.80. The van der Waals surface area contributed by atoms with E-state index in [1.807, 2.05) is 0 Å². The normalized spacial score (nSPS) is 11.8. The SMILES string of the molecule is O=C(Nc1cccc(C(F)(F)F)c1)c1ccccc1Nc1ccc(C(F)(F)F)cc1. The molecule has 0 aliphatic rings. The molecule has 0 aliphatic heterocycles. The average Bonchev–Trinajstić information content (AvgIpc) is 2.67. The van der Waals surface area contributed by atoms with E-state index >= 15 is 0 Å². The fourth-order valence-corrected chi connectivity index (χ4v) is 2.66. The molecule has 0 fully saturated rings. The minimum Gasteiger partial charge on any atom is -0.355 e. The molecule has 156 valence electrons. The highest BCUT2D eigenvalue weighted by molar-refractivity contribution is 6.08. The summed E-state index contributed by atoms with van der Waals surface area (Å²) >= 11 is 0. The second-order valence-corrected chi connectivity index (χ2v) is 6.28. The topological polar surface area (TPSA) is 41.1 Å². The van der Waals surface area contributed by atoms with E-state index < -0.39 is 29.4 Å². The third kappa shape index (κ3) is 5.11. The van der Waals surface area contributed by atoms with Gasteiger partial charge in [-0.2, -0.15) is 26.3 Å². The van der Waals surface area contributed by atoms with E-state index in [1.165, 1.54) is 36.4 Å². The summed E-state index contributed by atoms with van der Waals surface area (Å²) in [6, 6.07) is 14.5. The second-order valence-electron chi connectivity index (χ2n) is 6.28. The maximum atomic E-state index is 12.8. The third-order valence-electron chi connectivity index (χ3n) is 4.11. The Morgan fingerprint density at radius 2 is 1.30 bits per heavy atom. The summed E-state index contributed by atoms with van der Waals surface area (Å²) in [4.78, 5) is 12.6. The number of benzene rings is 3. The summed E-state index contributed by atoms with van der Waals surface area (Å²) in [6.45, 7) is 0. The Morgan fingerprint density at radius 3 is 1.93 bits per heavy atom. The molecule has 9 heteroatoms. The number of hydrogen-bond acceptors (Lipinski definition) is 2. The standard InChI is InChI=1S/C21H14F6N2O/c22-20(23,24)13-8-10-15(11-9-13)28-18-7-2-1-6-17(18)19(30)29-16-5-3-4-14(12-16)21(25,26)27/h1-12,28H,(H,29,30). The van der Waals surface area contributed by atoms with Gasteiger partial charge >= 0.3 is 12.4 Å². The van der Waals surface area contributed by atoms with Crippen molar-refractivity contribution in [2.24, 2.45) is 0 Å². The zero-order chi connectivity index (χ0) is 21.9. The lowest BCUT2D eigenvalue weighted by Crippen LogP contribution is -2.14. The van der Waals surface area contributed by atoms with Crippen LogP contribution in [-0.4, -0.2) is 5.91 Å². The van der Waals surface area contributed by atoms with Gasteiger partial charge in [0.05, 0.1) is 22.4 Å². The number of carbonyl (C=O) groups excluding carboxylic acids is 1. The Morgan fingerprint density at radius 1 is 0.667 bits per heavy atom. The summed E-state index contributed by atoms with van der Waals surface area (Å²) in [5.74, 6) is -0.677. The molecule has 0 radical (unpaired) electrons. The Kier molecular flexibility index (Phi) is 5.73. The Hall–Kier alpha value is -3.49. The molecule has 2 N–H and O–H groups in total. The number of alkyl halides is 6. The first-order valence-corrected chi connectivity index (χ1v) is 8.56. The molecule has 0 spiro atoms. The van der Waals surface area contributed by atoms with E-state index in [1.54, 1.807) is 12.1 Å². The van der Waals surface area contributed by atoms with Gasteiger partial charge in [0.1, 0.15) is 0 Å². The smallest absolute Gasteiger partial charge is 0.355 e. The number of para-hydroxylation sites is 1. The highest BCUT2D eigenvalue weighted by Gasteiger charge is 2.31. The van der Waals surface area contributed by atoms with Crippen LogP contribution in [0.1, 0.15) is 21.5 Å². The molecule has 0 aliphatic carbocycles. The van der Waals surface area contributed by atoms with Crippen LogP contribution in [0, 0.1) is 0 Å². The summed E-state index contributed by atoms with van der Waals surface area (Å²) in [6.07, 6.45) is -9.02. The monoisotopic (exact) mass is 424 g/mol. The van der Waals surface area contributed by atoms with Gasteiger partial charge in [-0.05, 0) is 54.6 Å². The average molecular weight is 424 g/mol. The molecular formula is C21H14F6N2O. The Bertz CT molecular complexity index is 1040. The van der Waals surface area contributed by atoms with Crippen molar-refractivity contribution < 1.29 is 31.1 Å². The van der Waals surface area contributed by atoms with Crippen molar-refractivity contribution in [1.82, 2.24) is 0 Å². The molecule has 3 aromatic rings. The Labute approximate surface area is 167 Å². The predicted octanol–water partition coefficient (Wildman–Crippen LogP) is 6.72. The van der Waals surface area contributed by atoms with Gasteiger partial charge in [0.2, 0.25) is 0 Å². The molecule has 0 unspecified atom stereocenters. The van der Waals surface area contributed by atoms with Crippen LogP contribution in [0.2, 0.25) is 0 Å². The molecule has 0 bridgehead atoms. The van der Waals surface area contributed by atoms with Gasteiger partial charge in [-0.15, -0.1) is 0 Å². The summed E-state index contributed by atoms with van der Waals surface area (Å²) in [7, 11) is 0. The highest BCUT2D eigenvalue weighted by atomic mass is 19.4. The quantitative estimate of drug-likeness (QED) is 0.457. The molecule has 1 amide bonds. The van der Waals surface area contributed by atoms with Crippen LogP contribution < -0.4 is 10.6 Å². The van der Waals surface area contributed by atoms with Crippen molar-refractivity contribution in [2.75, 3.05) is 10.6 Å². The zero-order valence-electron chi connectivity index (χ0n) is 15.1. The lowest BCUT2D eigenvalue weighted by molar-refractivity contribution is -0.138. The maximum absolute atomic E-state index is 12.8. The van der Waals surface area contributed by atoms with Gasteiger partial charge in [0.15, 0.2) is 0 Å². The molecule has 0 aromatic heterocycles. The first-order valence-electron chi connectivity index (χ1n) is 8.56. The number of halogens is 6. The van der Waals surface area contributed by atoms with Gasteiger partial charge in [0.25, 0.3) is 5.91 Å². The van der Waals surface area contributed by atoms with E-state index in [2.05, 4.69) is 10.6 Å². The predicted molar refractivity (Wildman–Crippen MR) is 101 cm³/mol. The number of anilines is 3. The van der Waals surface area contributed by atoms with Gasteiger partial charge in [-0.3, -0.25) is 4.79 Å². The zero-order valence-corrected chi connectivity index (χ0v) is 15.1. The van der Waals surface area contributed by atoms with Crippen LogP contribution in [0.15, 0.2) is 72.8 Å². The van der Waals surface area contributed by atoms with Crippen molar-refractivity contribution in [3.8, 4) is 0 Å². The molecule has 0 saturated carbocycles. The minimum absolute atomic E-state index is 0.0424. The lowest BCUT2D eigenvalue weighted by Gasteiger charge is -2.14. The number of carbonyl (C=O) groups is 1. The number of rotatable bonds is 4. The molecule has 3 aromatic carbocycles.